The number of piperidine rings is 1. The third kappa shape index (κ3) is 5.80. The lowest BCUT2D eigenvalue weighted by atomic mass is 9.88. The molecule has 3 aliphatic rings. The molecule has 1 saturated carbocycles. The van der Waals surface area contributed by atoms with Crippen LogP contribution in [-0.2, 0) is 19.6 Å². The fraction of sp³-hybridized carbons (Fsp3) is 0.680. The minimum atomic E-state index is -3.71. The number of benzene rings is 1. The molecule has 4 rings (SSSR count). The van der Waals surface area contributed by atoms with Crippen molar-refractivity contribution in [2.75, 3.05) is 26.2 Å². The van der Waals surface area contributed by atoms with Gasteiger partial charge in [-0.25, -0.2) is 8.42 Å². The zero-order chi connectivity index (χ0) is 24.3. The van der Waals surface area contributed by atoms with Gasteiger partial charge in [-0.1, -0.05) is 25.3 Å². The van der Waals surface area contributed by atoms with Gasteiger partial charge in [-0.15, -0.1) is 0 Å². The Balaban J connectivity index is 1.36. The molecule has 2 saturated heterocycles. The lowest BCUT2D eigenvalue weighted by molar-refractivity contribution is -0.126. The molecule has 1 N–H and O–H groups in total. The summed E-state index contributed by atoms with van der Waals surface area (Å²) < 4.78 is 33.5. The van der Waals surface area contributed by atoms with Gasteiger partial charge in [-0.3, -0.25) is 9.59 Å². The fourth-order valence-electron chi connectivity index (χ4n) is 5.36. The van der Waals surface area contributed by atoms with E-state index in [2.05, 4.69) is 5.32 Å². The number of rotatable bonds is 5. The maximum Gasteiger partial charge on any atom is 0.253 e. The van der Waals surface area contributed by atoms with Crippen molar-refractivity contribution in [3.8, 4) is 0 Å². The van der Waals surface area contributed by atoms with Crippen LogP contribution < -0.4 is 5.32 Å². The summed E-state index contributed by atoms with van der Waals surface area (Å²) in [4.78, 5) is 27.6. The number of morpholine rings is 1. The van der Waals surface area contributed by atoms with Crippen LogP contribution in [0.1, 0.15) is 69.2 Å². The van der Waals surface area contributed by atoms with Crippen LogP contribution in [0.4, 0.5) is 0 Å². The summed E-state index contributed by atoms with van der Waals surface area (Å²) >= 11 is 0. The van der Waals surface area contributed by atoms with E-state index in [0.717, 1.165) is 25.7 Å². The van der Waals surface area contributed by atoms with Crippen LogP contribution >= 0.6 is 0 Å². The highest BCUT2D eigenvalue weighted by atomic mass is 32.2. The predicted molar refractivity (Wildman–Crippen MR) is 129 cm³/mol. The highest BCUT2D eigenvalue weighted by Gasteiger charge is 2.33. The van der Waals surface area contributed by atoms with Gasteiger partial charge >= 0.3 is 0 Å². The highest BCUT2D eigenvalue weighted by Crippen LogP contribution is 2.25. The van der Waals surface area contributed by atoms with Crippen molar-refractivity contribution in [2.24, 2.45) is 5.92 Å². The lowest BCUT2D eigenvalue weighted by Crippen LogP contribution is -2.48. The average Bonchev–Trinajstić information content (AvgIpc) is 2.84. The molecule has 2 aliphatic heterocycles. The van der Waals surface area contributed by atoms with E-state index in [1.807, 2.05) is 13.8 Å². The van der Waals surface area contributed by atoms with Crippen LogP contribution in [0.25, 0.3) is 0 Å². The van der Waals surface area contributed by atoms with E-state index < -0.39 is 10.0 Å². The van der Waals surface area contributed by atoms with E-state index in [9.17, 15) is 18.0 Å². The summed E-state index contributed by atoms with van der Waals surface area (Å²) in [5, 5.41) is 3.19. The Hall–Kier alpha value is -1.97. The summed E-state index contributed by atoms with van der Waals surface area (Å²) in [6.07, 6.45) is 6.50. The average molecular weight is 492 g/mol. The lowest BCUT2D eigenvalue weighted by Gasteiger charge is -2.34. The highest BCUT2D eigenvalue weighted by molar-refractivity contribution is 7.89. The van der Waals surface area contributed by atoms with Gasteiger partial charge in [-0.05, 0) is 57.7 Å². The molecule has 2 atom stereocenters. The van der Waals surface area contributed by atoms with Crippen molar-refractivity contribution in [3.63, 3.8) is 0 Å². The molecule has 1 aromatic carbocycles. The molecule has 0 aromatic heterocycles. The van der Waals surface area contributed by atoms with Gasteiger partial charge in [0.25, 0.3) is 5.91 Å². The van der Waals surface area contributed by atoms with Crippen LogP contribution in [0.2, 0.25) is 0 Å². The first-order valence-electron chi connectivity index (χ1n) is 12.6. The van der Waals surface area contributed by atoms with E-state index in [1.165, 1.54) is 16.8 Å². The van der Waals surface area contributed by atoms with Gasteiger partial charge in [0.05, 0.1) is 17.1 Å². The van der Waals surface area contributed by atoms with Crippen LogP contribution in [0.5, 0.6) is 0 Å². The van der Waals surface area contributed by atoms with E-state index >= 15 is 0 Å². The number of likely N-dealkylation sites (tertiary alicyclic amines) is 1. The normalized spacial score (nSPS) is 25.8. The Morgan fingerprint density at radius 1 is 0.971 bits per heavy atom. The zero-order valence-corrected chi connectivity index (χ0v) is 21.1. The smallest absolute Gasteiger partial charge is 0.253 e. The van der Waals surface area contributed by atoms with Crippen molar-refractivity contribution in [1.82, 2.24) is 14.5 Å². The summed E-state index contributed by atoms with van der Waals surface area (Å²) in [5.41, 5.74) is 0.375. The summed E-state index contributed by atoms with van der Waals surface area (Å²) in [7, 11) is -3.71. The number of amides is 2. The van der Waals surface area contributed by atoms with Gasteiger partial charge in [0, 0.05) is 43.7 Å². The standard InChI is InChI=1S/C25H37N3O5S/c1-18-16-28(17-19(2)33-18)34(31,32)23-10-6-9-21(15-23)25(30)27-13-11-22(12-14-27)26-24(29)20-7-4-3-5-8-20/h6,9-10,15,18-20,22H,3-5,7-8,11-14,16-17H2,1-2H3,(H,26,29). The largest absolute Gasteiger partial charge is 0.373 e. The Kier molecular flexibility index (Phi) is 7.94. The Morgan fingerprint density at radius 2 is 1.62 bits per heavy atom. The van der Waals surface area contributed by atoms with Crippen molar-refractivity contribution in [1.29, 1.82) is 0 Å². The second-order valence-corrected chi connectivity index (χ2v) is 12.0. The first-order valence-corrected chi connectivity index (χ1v) is 14.0. The zero-order valence-electron chi connectivity index (χ0n) is 20.2. The SMILES string of the molecule is CC1CN(S(=O)(=O)c2cccc(C(=O)N3CCC(NC(=O)C4CCCCC4)CC3)c2)CC(C)O1. The molecule has 0 bridgehead atoms. The Bertz CT molecular complexity index is 974. The molecule has 188 valence electrons. The maximum absolute atomic E-state index is 13.2. The van der Waals surface area contributed by atoms with Crippen molar-refractivity contribution in [2.45, 2.75) is 81.9 Å². The molecule has 0 radical (unpaired) electrons. The molecule has 34 heavy (non-hydrogen) atoms. The number of hydrogen-bond acceptors (Lipinski definition) is 5. The van der Waals surface area contributed by atoms with Gasteiger partial charge in [0.1, 0.15) is 0 Å². The molecular formula is C25H37N3O5S. The van der Waals surface area contributed by atoms with Crippen LogP contribution in [0.15, 0.2) is 29.2 Å². The molecular weight excluding hydrogens is 454 g/mol. The van der Waals surface area contributed by atoms with Crippen LogP contribution in [0, 0.1) is 5.92 Å². The molecule has 0 spiro atoms. The van der Waals surface area contributed by atoms with Gasteiger partial charge in [0.2, 0.25) is 15.9 Å². The number of ether oxygens (including phenoxy) is 1. The van der Waals surface area contributed by atoms with Crippen LogP contribution in [-0.4, -0.2) is 73.9 Å². The minimum Gasteiger partial charge on any atom is -0.373 e. The van der Waals surface area contributed by atoms with Crippen molar-refractivity contribution >= 4 is 21.8 Å². The topological polar surface area (TPSA) is 96.0 Å². The third-order valence-corrected chi connectivity index (χ3v) is 9.04. The van der Waals surface area contributed by atoms with E-state index in [1.54, 1.807) is 23.1 Å². The number of sulfonamides is 1. The van der Waals surface area contributed by atoms with Gasteiger partial charge < -0.3 is 15.0 Å². The van der Waals surface area contributed by atoms with Crippen LogP contribution in [0.3, 0.4) is 0 Å². The maximum atomic E-state index is 13.2. The molecule has 2 unspecified atom stereocenters. The first kappa shape index (κ1) is 25.1. The monoisotopic (exact) mass is 491 g/mol. The van der Waals surface area contributed by atoms with E-state index in [0.29, 0.717) is 44.6 Å². The second-order valence-electron chi connectivity index (χ2n) is 10.0. The third-order valence-electron chi connectivity index (χ3n) is 7.21. The number of nitrogens with zero attached hydrogens (tertiary/aromatic N) is 2. The van der Waals surface area contributed by atoms with E-state index in [-0.39, 0.29) is 40.9 Å². The van der Waals surface area contributed by atoms with Gasteiger partial charge in [-0.2, -0.15) is 4.31 Å². The van der Waals surface area contributed by atoms with Crippen molar-refractivity contribution < 1.29 is 22.7 Å². The molecule has 8 nitrogen and oxygen atoms in total. The Labute approximate surface area is 203 Å². The van der Waals surface area contributed by atoms with Gasteiger partial charge in [0.15, 0.2) is 0 Å². The minimum absolute atomic E-state index is 0.0930. The number of nitrogens with one attached hydrogen (secondary N) is 1. The summed E-state index contributed by atoms with van der Waals surface area (Å²) in [5.74, 6) is 0.127. The molecule has 2 heterocycles. The molecule has 1 aromatic rings. The predicted octanol–water partition coefficient (Wildman–Crippen LogP) is 2.79. The molecule has 2 amide bonds. The number of hydrogen-bond donors (Lipinski definition) is 1. The Morgan fingerprint density at radius 3 is 2.26 bits per heavy atom. The molecule has 9 heteroatoms. The van der Waals surface area contributed by atoms with Crippen molar-refractivity contribution in [3.05, 3.63) is 29.8 Å². The first-order chi connectivity index (χ1) is 16.2. The quantitative estimate of drug-likeness (QED) is 0.683. The number of carbonyl (C=O) groups is 2. The summed E-state index contributed by atoms with van der Waals surface area (Å²) in [6.45, 7) is 5.41. The molecule has 1 aliphatic carbocycles. The fourth-order valence-corrected chi connectivity index (χ4v) is 7.00. The van der Waals surface area contributed by atoms with E-state index in [4.69, 9.17) is 4.74 Å². The second kappa shape index (κ2) is 10.7. The summed E-state index contributed by atoms with van der Waals surface area (Å²) in [6, 6.07) is 6.42. The molecule has 3 fully saturated rings. The number of carbonyl (C=O) groups excluding carboxylic acids is 2.